The van der Waals surface area contributed by atoms with Crippen LogP contribution < -0.4 is 0 Å². The molecule has 1 aromatic rings. The molecule has 0 unspecified atom stereocenters. The first-order valence-corrected chi connectivity index (χ1v) is 4.60. The molecule has 17 heavy (non-hydrogen) atoms. The van der Waals surface area contributed by atoms with Gasteiger partial charge in [-0.2, -0.15) is 13.2 Å². The van der Waals surface area contributed by atoms with E-state index in [1.165, 1.54) is 6.92 Å². The van der Waals surface area contributed by atoms with Gasteiger partial charge in [-0.15, -0.1) is 0 Å². The van der Waals surface area contributed by atoms with E-state index in [2.05, 4.69) is 9.72 Å². The van der Waals surface area contributed by atoms with Gasteiger partial charge in [-0.25, -0.2) is 4.79 Å². The van der Waals surface area contributed by atoms with Crippen LogP contribution in [0.4, 0.5) is 13.2 Å². The zero-order chi connectivity index (χ0) is 13.1. The zero-order valence-electron chi connectivity index (χ0n) is 8.75. The van der Waals surface area contributed by atoms with Crippen LogP contribution >= 0.6 is 0 Å². The van der Waals surface area contributed by atoms with Crippen LogP contribution in [-0.4, -0.2) is 23.3 Å². The highest BCUT2D eigenvalue weighted by Crippen LogP contribution is 2.28. The van der Waals surface area contributed by atoms with E-state index in [-0.39, 0.29) is 6.61 Å². The van der Waals surface area contributed by atoms with Crippen LogP contribution in [0.2, 0.25) is 0 Å². The summed E-state index contributed by atoms with van der Waals surface area (Å²) in [4.78, 5) is 25.6. The van der Waals surface area contributed by atoms with Crippen molar-refractivity contribution in [2.24, 2.45) is 0 Å². The standard InChI is InChI=1S/C10H8F3NO3/c1-2-17-9(16)8(15)6-3-7(5-14-4-6)10(11,12)13/h3-5H,2H2,1H3. The minimum absolute atomic E-state index is 0.0308. The molecule has 0 saturated carbocycles. The van der Waals surface area contributed by atoms with Crippen molar-refractivity contribution in [3.63, 3.8) is 0 Å². The van der Waals surface area contributed by atoms with E-state index in [1.54, 1.807) is 0 Å². The van der Waals surface area contributed by atoms with Gasteiger partial charge in [0.2, 0.25) is 0 Å². The Bertz CT molecular complexity index is 443. The van der Waals surface area contributed by atoms with Gasteiger partial charge in [-0.05, 0) is 13.0 Å². The molecule has 0 atom stereocenters. The van der Waals surface area contributed by atoms with E-state index in [0.29, 0.717) is 12.3 Å². The van der Waals surface area contributed by atoms with Crippen LogP contribution in [0.5, 0.6) is 0 Å². The van der Waals surface area contributed by atoms with Crippen molar-refractivity contribution in [1.82, 2.24) is 4.98 Å². The van der Waals surface area contributed by atoms with Crippen LogP contribution in [0.1, 0.15) is 22.8 Å². The second-order valence-corrected chi connectivity index (χ2v) is 3.01. The van der Waals surface area contributed by atoms with Gasteiger partial charge < -0.3 is 4.74 Å². The van der Waals surface area contributed by atoms with Gasteiger partial charge in [0.25, 0.3) is 5.78 Å². The smallest absolute Gasteiger partial charge is 0.417 e. The van der Waals surface area contributed by atoms with Crippen LogP contribution in [0.25, 0.3) is 0 Å². The van der Waals surface area contributed by atoms with Gasteiger partial charge in [0.05, 0.1) is 12.2 Å². The fourth-order valence-electron chi connectivity index (χ4n) is 1.03. The molecule has 7 heteroatoms. The highest BCUT2D eigenvalue weighted by Gasteiger charge is 2.32. The van der Waals surface area contributed by atoms with E-state index < -0.39 is 29.1 Å². The number of ether oxygens (including phenoxy) is 1. The van der Waals surface area contributed by atoms with Crippen LogP contribution in [-0.2, 0) is 15.7 Å². The van der Waals surface area contributed by atoms with Crippen molar-refractivity contribution < 1.29 is 27.5 Å². The van der Waals surface area contributed by atoms with Gasteiger partial charge in [0.1, 0.15) is 0 Å². The first-order chi connectivity index (χ1) is 7.86. The molecule has 0 spiro atoms. The maximum atomic E-state index is 12.3. The summed E-state index contributed by atoms with van der Waals surface area (Å²) in [5.41, 5.74) is -1.54. The molecule has 1 aromatic heterocycles. The third kappa shape index (κ3) is 3.27. The summed E-state index contributed by atoms with van der Waals surface area (Å²) in [6.45, 7) is 1.45. The predicted molar refractivity (Wildman–Crippen MR) is 50.2 cm³/mol. The second kappa shape index (κ2) is 4.94. The minimum atomic E-state index is -4.61. The number of esters is 1. The largest absolute Gasteiger partial charge is 0.460 e. The number of pyridine rings is 1. The Balaban J connectivity index is 3.00. The summed E-state index contributed by atoms with van der Waals surface area (Å²) in [5.74, 6) is -2.35. The molecule has 1 heterocycles. The molecular weight excluding hydrogens is 239 g/mol. The zero-order valence-corrected chi connectivity index (χ0v) is 8.75. The van der Waals surface area contributed by atoms with E-state index in [0.717, 1.165) is 6.20 Å². The summed E-state index contributed by atoms with van der Waals surface area (Å²) >= 11 is 0. The van der Waals surface area contributed by atoms with E-state index in [9.17, 15) is 22.8 Å². The Morgan fingerprint density at radius 3 is 2.53 bits per heavy atom. The van der Waals surface area contributed by atoms with Crippen molar-refractivity contribution in [3.8, 4) is 0 Å². The predicted octanol–water partition coefficient (Wildman–Crippen LogP) is 1.85. The van der Waals surface area contributed by atoms with Gasteiger partial charge in [-0.1, -0.05) is 0 Å². The Morgan fingerprint density at radius 1 is 1.35 bits per heavy atom. The fraction of sp³-hybridized carbons (Fsp3) is 0.300. The highest BCUT2D eigenvalue weighted by molar-refractivity contribution is 6.40. The maximum Gasteiger partial charge on any atom is 0.417 e. The summed E-state index contributed by atoms with van der Waals surface area (Å²) in [5, 5.41) is 0. The minimum Gasteiger partial charge on any atom is -0.460 e. The molecule has 92 valence electrons. The number of hydrogen-bond donors (Lipinski definition) is 0. The Hall–Kier alpha value is -1.92. The van der Waals surface area contributed by atoms with E-state index >= 15 is 0 Å². The van der Waals surface area contributed by atoms with Crippen molar-refractivity contribution >= 4 is 11.8 Å². The lowest BCUT2D eigenvalue weighted by Crippen LogP contribution is -2.18. The summed E-state index contributed by atoms with van der Waals surface area (Å²) in [6.07, 6.45) is -3.16. The average molecular weight is 247 g/mol. The number of aromatic nitrogens is 1. The molecule has 1 rings (SSSR count). The number of carbonyl (C=O) groups is 2. The van der Waals surface area contributed by atoms with Crippen molar-refractivity contribution in [2.45, 2.75) is 13.1 Å². The second-order valence-electron chi connectivity index (χ2n) is 3.01. The van der Waals surface area contributed by atoms with Crippen molar-refractivity contribution in [1.29, 1.82) is 0 Å². The third-order valence-electron chi connectivity index (χ3n) is 1.79. The van der Waals surface area contributed by atoms with E-state index in [4.69, 9.17) is 0 Å². The lowest BCUT2D eigenvalue weighted by atomic mass is 10.1. The van der Waals surface area contributed by atoms with Gasteiger partial charge in [-0.3, -0.25) is 9.78 Å². The molecule has 0 radical (unpaired) electrons. The lowest BCUT2D eigenvalue weighted by molar-refractivity contribution is -0.139. The summed E-state index contributed by atoms with van der Waals surface area (Å²) in [6, 6.07) is 0.562. The summed E-state index contributed by atoms with van der Waals surface area (Å²) in [7, 11) is 0. The average Bonchev–Trinajstić information content (AvgIpc) is 2.27. The number of hydrogen-bond acceptors (Lipinski definition) is 4. The van der Waals surface area contributed by atoms with Crippen LogP contribution in [0, 0.1) is 0 Å². The number of carbonyl (C=O) groups excluding carboxylic acids is 2. The molecule has 0 saturated heterocycles. The molecule has 0 fully saturated rings. The van der Waals surface area contributed by atoms with Crippen molar-refractivity contribution in [3.05, 3.63) is 29.6 Å². The van der Waals surface area contributed by atoms with Gasteiger partial charge >= 0.3 is 12.1 Å². The Kier molecular flexibility index (Phi) is 3.82. The van der Waals surface area contributed by atoms with Gasteiger partial charge in [0, 0.05) is 18.0 Å². The third-order valence-corrected chi connectivity index (χ3v) is 1.79. The number of halogens is 3. The van der Waals surface area contributed by atoms with E-state index in [1.807, 2.05) is 0 Å². The summed E-state index contributed by atoms with van der Waals surface area (Å²) < 4.78 is 41.3. The number of rotatable bonds is 3. The molecule has 4 nitrogen and oxygen atoms in total. The molecule has 0 bridgehead atoms. The molecule has 0 aromatic carbocycles. The number of ketones is 1. The quantitative estimate of drug-likeness (QED) is 0.464. The number of nitrogens with zero attached hydrogens (tertiary/aromatic N) is 1. The number of Topliss-reactive ketones (excluding diaryl/α,β-unsaturated/α-hetero) is 1. The number of alkyl halides is 3. The fourth-order valence-corrected chi connectivity index (χ4v) is 1.03. The monoisotopic (exact) mass is 247 g/mol. The maximum absolute atomic E-state index is 12.3. The SMILES string of the molecule is CCOC(=O)C(=O)c1cncc(C(F)(F)F)c1. The first kappa shape index (κ1) is 13.1. The molecule has 0 aliphatic rings. The Labute approximate surface area is 94.4 Å². The topological polar surface area (TPSA) is 56.3 Å². The van der Waals surface area contributed by atoms with Crippen LogP contribution in [0.15, 0.2) is 18.5 Å². The van der Waals surface area contributed by atoms with Crippen molar-refractivity contribution in [2.75, 3.05) is 6.61 Å². The lowest BCUT2D eigenvalue weighted by Gasteiger charge is -2.07. The van der Waals surface area contributed by atoms with Crippen LogP contribution in [0.3, 0.4) is 0 Å². The molecule has 0 aliphatic heterocycles. The normalized spacial score (nSPS) is 11.1. The highest BCUT2D eigenvalue weighted by atomic mass is 19.4. The molecule has 0 N–H and O–H groups in total. The molecule has 0 amide bonds. The first-order valence-electron chi connectivity index (χ1n) is 4.60. The Morgan fingerprint density at radius 2 is 2.00 bits per heavy atom. The molecular formula is C10H8F3NO3. The van der Waals surface area contributed by atoms with Gasteiger partial charge in [0.15, 0.2) is 0 Å². The molecule has 0 aliphatic carbocycles.